The van der Waals surface area contributed by atoms with Crippen LogP contribution in [-0.4, -0.2) is 20.4 Å². The van der Waals surface area contributed by atoms with Crippen molar-refractivity contribution >= 4 is 18.1 Å². The lowest BCUT2D eigenvalue weighted by atomic mass is 11.8. The highest BCUT2D eigenvalue weighted by molar-refractivity contribution is 8.11. The summed E-state index contributed by atoms with van der Waals surface area (Å²) in [6.45, 7) is 3.89. The van der Waals surface area contributed by atoms with Crippen LogP contribution in [0.1, 0.15) is 0 Å². The summed E-state index contributed by atoms with van der Waals surface area (Å²) in [5.74, 6) is 0. The maximum atomic E-state index is 4.88. The van der Waals surface area contributed by atoms with Crippen LogP contribution in [0.15, 0.2) is 0 Å². The van der Waals surface area contributed by atoms with Crippen LogP contribution in [0.4, 0.5) is 0 Å². The molecule has 0 aliphatic rings. The SMILES string of the molecule is COP(C)(C)=S. The van der Waals surface area contributed by atoms with Crippen molar-refractivity contribution in [2.24, 2.45) is 0 Å². The van der Waals surface area contributed by atoms with E-state index in [-0.39, 0.29) is 0 Å². The normalized spacial score (nSPS) is 11.8. The summed E-state index contributed by atoms with van der Waals surface area (Å²) in [6.07, 6.45) is -1.31. The lowest BCUT2D eigenvalue weighted by Crippen LogP contribution is -1.73. The minimum atomic E-state index is -1.31. The van der Waals surface area contributed by atoms with Gasteiger partial charge in [-0.1, -0.05) is 11.8 Å². The van der Waals surface area contributed by atoms with Crippen LogP contribution in [0, 0.1) is 0 Å². The predicted octanol–water partition coefficient (Wildman–Crippen LogP) is 1.29. The molecule has 6 heavy (non-hydrogen) atoms. The van der Waals surface area contributed by atoms with Crippen molar-refractivity contribution in [3.63, 3.8) is 0 Å². The summed E-state index contributed by atoms with van der Waals surface area (Å²) in [6, 6.07) is 0. The first-order chi connectivity index (χ1) is 2.56. The average molecular weight is 124 g/mol. The second-order valence-corrected chi connectivity index (χ2v) is 6.94. The molecule has 3 heteroatoms. The maximum Gasteiger partial charge on any atom is 0.0612 e. The van der Waals surface area contributed by atoms with Gasteiger partial charge >= 0.3 is 0 Å². The molecule has 0 aromatic rings. The molecule has 0 rings (SSSR count). The summed E-state index contributed by atoms with van der Waals surface area (Å²) >= 11 is 4.88. The highest BCUT2D eigenvalue weighted by Crippen LogP contribution is 2.35. The Morgan fingerprint density at radius 3 is 1.67 bits per heavy atom. The van der Waals surface area contributed by atoms with E-state index in [0.717, 1.165) is 0 Å². The molecule has 0 fully saturated rings. The van der Waals surface area contributed by atoms with Gasteiger partial charge in [-0.3, -0.25) is 0 Å². The Hall–Kier alpha value is 0.610. The van der Waals surface area contributed by atoms with Crippen molar-refractivity contribution in [3.05, 3.63) is 0 Å². The van der Waals surface area contributed by atoms with Gasteiger partial charge in [-0.05, 0) is 13.3 Å². The first kappa shape index (κ1) is 6.61. The van der Waals surface area contributed by atoms with E-state index in [2.05, 4.69) is 0 Å². The van der Waals surface area contributed by atoms with Gasteiger partial charge in [-0.2, -0.15) is 0 Å². The van der Waals surface area contributed by atoms with E-state index in [4.69, 9.17) is 16.3 Å². The standard InChI is InChI=1S/C3H9OPS/c1-4-5(2,3)6/h1-3H3. The van der Waals surface area contributed by atoms with Gasteiger partial charge < -0.3 is 4.52 Å². The molecule has 0 spiro atoms. The van der Waals surface area contributed by atoms with Crippen LogP contribution < -0.4 is 0 Å². The Kier molecular flexibility index (Phi) is 2.27. The molecule has 0 bridgehead atoms. The molecule has 0 saturated carbocycles. The fourth-order valence-corrected chi connectivity index (χ4v) is 0. The van der Waals surface area contributed by atoms with Crippen LogP contribution >= 0.6 is 6.26 Å². The minimum Gasteiger partial charge on any atom is -0.354 e. The first-order valence-electron chi connectivity index (χ1n) is 1.67. The second-order valence-electron chi connectivity index (χ2n) is 1.43. The van der Waals surface area contributed by atoms with Gasteiger partial charge in [-0.15, -0.1) is 0 Å². The molecule has 0 amide bonds. The molecule has 1 nitrogen and oxygen atoms in total. The fourth-order valence-electron chi connectivity index (χ4n) is 0. The second kappa shape index (κ2) is 2.06. The summed E-state index contributed by atoms with van der Waals surface area (Å²) in [5, 5.41) is 0. The zero-order chi connectivity index (χ0) is 5.21. The van der Waals surface area contributed by atoms with E-state index in [9.17, 15) is 0 Å². The Balaban J connectivity index is 3.48. The topological polar surface area (TPSA) is 9.23 Å². The molecule has 0 aliphatic carbocycles. The third-order valence-electron chi connectivity index (χ3n) is 0.440. The highest BCUT2D eigenvalue weighted by atomic mass is 32.4. The molecule has 0 N–H and O–H groups in total. The molecule has 0 aliphatic heterocycles. The van der Waals surface area contributed by atoms with Crippen molar-refractivity contribution in [1.82, 2.24) is 0 Å². The predicted molar refractivity (Wildman–Crippen MR) is 33.1 cm³/mol. The summed E-state index contributed by atoms with van der Waals surface area (Å²) in [4.78, 5) is 0. The van der Waals surface area contributed by atoms with Crippen LogP contribution in [0.3, 0.4) is 0 Å². The Morgan fingerprint density at radius 1 is 1.50 bits per heavy atom. The van der Waals surface area contributed by atoms with E-state index < -0.39 is 6.26 Å². The van der Waals surface area contributed by atoms with Gasteiger partial charge in [0.1, 0.15) is 0 Å². The first-order valence-corrected chi connectivity index (χ1v) is 5.28. The Morgan fingerprint density at radius 2 is 1.67 bits per heavy atom. The van der Waals surface area contributed by atoms with Crippen LogP contribution in [0.5, 0.6) is 0 Å². The number of hydrogen-bond donors (Lipinski definition) is 0. The lowest BCUT2D eigenvalue weighted by molar-refractivity contribution is 0.466. The number of rotatable bonds is 1. The summed E-state index contributed by atoms with van der Waals surface area (Å²) < 4.78 is 4.86. The molecule has 0 aromatic heterocycles. The van der Waals surface area contributed by atoms with Crippen molar-refractivity contribution in [3.8, 4) is 0 Å². The zero-order valence-electron chi connectivity index (χ0n) is 4.26. The molecule has 0 heterocycles. The molecule has 0 aromatic carbocycles. The van der Waals surface area contributed by atoms with Crippen molar-refractivity contribution in [2.45, 2.75) is 0 Å². The van der Waals surface area contributed by atoms with Gasteiger partial charge in [0, 0.05) is 7.11 Å². The van der Waals surface area contributed by atoms with Crippen LogP contribution in [-0.2, 0) is 16.3 Å². The van der Waals surface area contributed by atoms with Gasteiger partial charge in [0.05, 0.1) is 6.26 Å². The van der Waals surface area contributed by atoms with E-state index in [1.165, 1.54) is 0 Å². The van der Waals surface area contributed by atoms with Gasteiger partial charge in [0.25, 0.3) is 0 Å². The van der Waals surface area contributed by atoms with E-state index >= 15 is 0 Å². The highest BCUT2D eigenvalue weighted by Gasteiger charge is 1.92. The average Bonchev–Trinajstić information content (AvgIpc) is 1.35. The summed E-state index contributed by atoms with van der Waals surface area (Å²) in [7, 11) is 1.65. The van der Waals surface area contributed by atoms with Crippen LogP contribution in [0.2, 0.25) is 0 Å². The summed E-state index contributed by atoms with van der Waals surface area (Å²) in [5.41, 5.74) is 0. The molecule has 0 atom stereocenters. The third-order valence-corrected chi connectivity index (χ3v) is 1.77. The van der Waals surface area contributed by atoms with Crippen molar-refractivity contribution in [2.75, 3.05) is 20.4 Å². The monoisotopic (exact) mass is 124 g/mol. The van der Waals surface area contributed by atoms with Gasteiger partial charge in [0.2, 0.25) is 0 Å². The largest absolute Gasteiger partial charge is 0.354 e. The third kappa shape index (κ3) is 4.61. The Labute approximate surface area is 43.8 Å². The van der Waals surface area contributed by atoms with Gasteiger partial charge in [-0.25, -0.2) is 0 Å². The molecule has 0 unspecified atom stereocenters. The molecular formula is C3H9OPS. The Bertz CT molecular complexity index is 74.9. The lowest BCUT2D eigenvalue weighted by Gasteiger charge is -2.03. The molecule has 38 valence electrons. The smallest absolute Gasteiger partial charge is 0.0612 e. The zero-order valence-corrected chi connectivity index (χ0v) is 5.97. The quantitative estimate of drug-likeness (QED) is 0.487. The van der Waals surface area contributed by atoms with E-state index in [0.29, 0.717) is 0 Å². The molecule has 0 saturated heterocycles. The van der Waals surface area contributed by atoms with E-state index in [1.807, 2.05) is 13.3 Å². The fraction of sp³-hybridized carbons (Fsp3) is 1.00. The minimum absolute atomic E-state index is 1.31. The molecule has 0 radical (unpaired) electrons. The van der Waals surface area contributed by atoms with Gasteiger partial charge in [0.15, 0.2) is 0 Å². The maximum absolute atomic E-state index is 4.88. The van der Waals surface area contributed by atoms with Crippen molar-refractivity contribution in [1.29, 1.82) is 0 Å². The van der Waals surface area contributed by atoms with Crippen molar-refractivity contribution < 1.29 is 4.52 Å². The van der Waals surface area contributed by atoms with Crippen LogP contribution in [0.25, 0.3) is 0 Å². The van der Waals surface area contributed by atoms with E-state index in [1.54, 1.807) is 7.11 Å². The number of hydrogen-bond acceptors (Lipinski definition) is 2. The molecular weight excluding hydrogens is 115 g/mol.